The average molecular weight is 1000 g/mol. The van der Waals surface area contributed by atoms with Gasteiger partial charge >= 0.3 is 12.2 Å². The highest BCUT2D eigenvalue weighted by Crippen LogP contribution is 2.61. The number of carbonyl (C=O) groups is 4. The number of hydrogen-bond donors (Lipinski definition) is 6. The topological polar surface area (TPSA) is 213 Å². The molecule has 0 aromatic carbocycles. The first-order valence-corrected chi connectivity index (χ1v) is 27.3. The molecule has 6 unspecified atom stereocenters. The molecule has 1 heterocycles. The molecule has 17 heteroatoms. The van der Waals surface area contributed by atoms with E-state index in [1.165, 1.54) is 38.5 Å². The maximum atomic E-state index is 14.8. The molecule has 7 fully saturated rings. The first kappa shape index (κ1) is 57.2. The van der Waals surface area contributed by atoms with Crippen LogP contribution in [0.3, 0.4) is 0 Å². The lowest BCUT2D eigenvalue weighted by Gasteiger charge is -2.62. The number of fused-ring (bicyclic) bond motifs is 2. The molecule has 15 atom stereocenters. The molecular formula is C54H95N7O10. The number of aliphatic hydroxyl groups excluding tert-OH is 2. The standard InChI is InChI=1S/C54H95N7O10/c1-31-41-26-37(54(41,9)10)27-42(31)57-48(65)45-44(32(2)63)43(30-62)71-61(45)28-34-20-17-21-40(46(34)68-13)35-23-36(47(64)55-39(29-60(11)12)22-33-18-15-14-16-19-33)25-38(24-35)56-49(58-50(66)69-52(3,4)5)59-51(67)70-53(6,7)8/h31-46,62-63H,14-30H2,1-13H3,(H,55,64)(H,57,65)(H2,56,58,59,66,67)/t31-,32-,34?,35?,36?,37+,38?,39-,40?,41-,42-,43-,44+,45-,46?/m0/s1. The lowest BCUT2D eigenvalue weighted by Crippen LogP contribution is -2.62. The molecule has 0 aromatic rings. The fraction of sp³-hybridized carbons (Fsp3) is 0.907. The number of nitrogens with one attached hydrogen (secondary N) is 4. The number of ether oxygens (including phenoxy) is 3. The quantitative estimate of drug-likeness (QED) is 0.0740. The van der Waals surface area contributed by atoms with Crippen LogP contribution in [0.5, 0.6) is 0 Å². The highest BCUT2D eigenvalue weighted by Gasteiger charge is 2.58. The Labute approximate surface area is 425 Å². The summed E-state index contributed by atoms with van der Waals surface area (Å²) in [6.45, 7) is 19.8. The van der Waals surface area contributed by atoms with Crippen LogP contribution in [0.4, 0.5) is 9.59 Å². The van der Waals surface area contributed by atoms with Gasteiger partial charge in [0.25, 0.3) is 0 Å². The van der Waals surface area contributed by atoms with E-state index in [-0.39, 0.29) is 65.7 Å². The Morgan fingerprint density at radius 3 is 2.07 bits per heavy atom. The average Bonchev–Trinajstić information content (AvgIpc) is 3.64. The summed E-state index contributed by atoms with van der Waals surface area (Å²) >= 11 is 0. The van der Waals surface area contributed by atoms with Crippen molar-refractivity contribution in [2.24, 2.45) is 63.7 Å². The number of methoxy groups -OCH3 is 1. The number of alkyl carbamates (subject to hydrolysis) is 2. The molecule has 71 heavy (non-hydrogen) atoms. The molecule has 1 aliphatic heterocycles. The summed E-state index contributed by atoms with van der Waals surface area (Å²) in [4.78, 5) is 69.5. The third-order valence-corrected chi connectivity index (χ3v) is 17.3. The number of hydrogen-bond acceptors (Lipinski definition) is 13. The van der Waals surface area contributed by atoms with Crippen LogP contribution < -0.4 is 21.3 Å². The van der Waals surface area contributed by atoms with Gasteiger partial charge in [-0.2, -0.15) is 5.06 Å². The number of rotatable bonds is 15. The van der Waals surface area contributed by atoms with Crippen LogP contribution in [-0.2, 0) is 28.6 Å². The SMILES string of the molecule is COC1C(CN2O[C@@H](CO)[C@@H]([C@H](C)O)[C@H]2C(=O)N[C@H]2C[C@H]3C[C@@H]([C@@H]2C)C3(C)C)CCCC1C1CC(N=C(NC(=O)OC(C)(C)C)NC(=O)OC(C)(C)C)CC(C(=O)N[C@@H](CC2CCCCC2)CN(C)C)C1. The minimum absolute atomic E-state index is 0.0119. The number of nitrogens with zero attached hydrogens (tertiary/aromatic N) is 3. The van der Waals surface area contributed by atoms with Crippen molar-refractivity contribution in [3.63, 3.8) is 0 Å². The van der Waals surface area contributed by atoms with E-state index in [9.17, 15) is 29.4 Å². The van der Waals surface area contributed by atoms with Crippen LogP contribution in [0.2, 0.25) is 0 Å². The van der Waals surface area contributed by atoms with Gasteiger partial charge in [0, 0.05) is 50.0 Å². The van der Waals surface area contributed by atoms with Crippen molar-refractivity contribution < 1.29 is 48.4 Å². The van der Waals surface area contributed by atoms with Crippen LogP contribution in [-0.4, -0.2) is 145 Å². The zero-order valence-corrected chi connectivity index (χ0v) is 45.8. The van der Waals surface area contributed by atoms with E-state index < -0.39 is 59.5 Å². The number of amides is 4. The summed E-state index contributed by atoms with van der Waals surface area (Å²) in [5.74, 6) is 0.431. The first-order chi connectivity index (χ1) is 33.3. The summed E-state index contributed by atoms with van der Waals surface area (Å²) in [5.41, 5.74) is -1.38. The van der Waals surface area contributed by atoms with E-state index in [0.717, 1.165) is 38.6 Å². The lowest BCUT2D eigenvalue weighted by atomic mass is 9.45. The summed E-state index contributed by atoms with van der Waals surface area (Å²) < 4.78 is 17.7. The van der Waals surface area contributed by atoms with E-state index in [2.05, 4.69) is 46.9 Å². The van der Waals surface area contributed by atoms with Gasteiger partial charge in [-0.1, -0.05) is 59.3 Å². The van der Waals surface area contributed by atoms with Gasteiger partial charge in [0.2, 0.25) is 17.8 Å². The van der Waals surface area contributed by atoms with Crippen LogP contribution in [0.1, 0.15) is 159 Å². The van der Waals surface area contributed by atoms with Gasteiger partial charge in [-0.15, -0.1) is 0 Å². The van der Waals surface area contributed by atoms with Crippen LogP contribution in [0.25, 0.3) is 0 Å². The Morgan fingerprint density at radius 1 is 0.873 bits per heavy atom. The molecule has 2 bridgehead atoms. The van der Waals surface area contributed by atoms with Gasteiger partial charge in [-0.25, -0.2) is 14.6 Å². The second-order valence-corrected chi connectivity index (χ2v) is 25.6. The number of hydroxylamine groups is 2. The molecule has 6 aliphatic carbocycles. The van der Waals surface area contributed by atoms with Gasteiger partial charge in [-0.05, 0) is 155 Å². The smallest absolute Gasteiger partial charge is 0.414 e. The predicted octanol–water partition coefficient (Wildman–Crippen LogP) is 6.79. The first-order valence-electron chi connectivity index (χ1n) is 27.3. The highest BCUT2D eigenvalue weighted by molar-refractivity contribution is 6.01. The van der Waals surface area contributed by atoms with E-state index in [1.54, 1.807) is 60.6 Å². The van der Waals surface area contributed by atoms with Crippen molar-refractivity contribution in [1.82, 2.24) is 31.2 Å². The van der Waals surface area contributed by atoms with Crippen LogP contribution in [0, 0.1) is 58.7 Å². The molecule has 7 rings (SSSR count). The molecule has 0 radical (unpaired) electrons. The van der Waals surface area contributed by atoms with Gasteiger partial charge < -0.3 is 40.0 Å². The lowest BCUT2D eigenvalue weighted by molar-refractivity contribution is -0.193. The number of carbonyl (C=O) groups excluding carboxylic acids is 4. The Kier molecular flexibility index (Phi) is 19.4. The summed E-state index contributed by atoms with van der Waals surface area (Å²) in [6, 6.07) is -1.31. The Hall–Kier alpha value is -3.09. The van der Waals surface area contributed by atoms with Crippen molar-refractivity contribution in [2.75, 3.05) is 40.9 Å². The number of aliphatic imine (C=N–C) groups is 1. The summed E-state index contributed by atoms with van der Waals surface area (Å²) in [6.07, 6.45) is 9.61. The van der Waals surface area contributed by atoms with Crippen molar-refractivity contribution in [1.29, 1.82) is 0 Å². The maximum Gasteiger partial charge on any atom is 0.414 e. The Bertz CT molecular complexity index is 1790. The van der Waals surface area contributed by atoms with E-state index in [4.69, 9.17) is 24.0 Å². The van der Waals surface area contributed by atoms with Crippen molar-refractivity contribution in [2.45, 2.75) is 213 Å². The largest absolute Gasteiger partial charge is 0.444 e. The molecule has 6 N–H and O–H groups in total. The molecule has 17 nitrogen and oxygen atoms in total. The minimum Gasteiger partial charge on any atom is -0.444 e. The molecule has 406 valence electrons. The number of aliphatic hydroxyl groups is 2. The molecule has 7 aliphatic rings. The highest BCUT2D eigenvalue weighted by atomic mass is 16.7. The minimum atomic E-state index is -0.913. The van der Waals surface area contributed by atoms with Gasteiger partial charge in [0.05, 0.1) is 24.9 Å². The van der Waals surface area contributed by atoms with Crippen molar-refractivity contribution in [3.8, 4) is 0 Å². The van der Waals surface area contributed by atoms with E-state index in [0.29, 0.717) is 49.5 Å². The molecule has 6 saturated carbocycles. The molecule has 0 aromatic heterocycles. The second-order valence-electron chi connectivity index (χ2n) is 25.6. The second kappa shape index (κ2) is 24.1. The molecule has 1 saturated heterocycles. The monoisotopic (exact) mass is 1000 g/mol. The zero-order chi connectivity index (χ0) is 52.2. The summed E-state index contributed by atoms with van der Waals surface area (Å²) in [7, 11) is 5.81. The number of likely N-dealkylation sites (N-methyl/N-ethyl adjacent to an activating group) is 1. The molecular weight excluding hydrogens is 907 g/mol. The van der Waals surface area contributed by atoms with Crippen LogP contribution >= 0.6 is 0 Å². The third kappa shape index (κ3) is 15.0. The van der Waals surface area contributed by atoms with Crippen molar-refractivity contribution in [3.05, 3.63) is 0 Å². The van der Waals surface area contributed by atoms with E-state index in [1.807, 2.05) is 14.1 Å². The predicted molar refractivity (Wildman–Crippen MR) is 273 cm³/mol. The van der Waals surface area contributed by atoms with Gasteiger partial charge in [-0.3, -0.25) is 25.1 Å². The molecule has 0 spiro atoms. The summed E-state index contributed by atoms with van der Waals surface area (Å²) in [5, 5.41) is 35.8. The normalized spacial score (nSPS) is 34.3. The fourth-order valence-electron chi connectivity index (χ4n) is 13.9. The third-order valence-electron chi connectivity index (χ3n) is 17.3. The number of guanidine groups is 1. The van der Waals surface area contributed by atoms with Crippen LogP contribution in [0.15, 0.2) is 4.99 Å². The van der Waals surface area contributed by atoms with E-state index >= 15 is 0 Å². The maximum absolute atomic E-state index is 14.8. The Morgan fingerprint density at radius 2 is 1.52 bits per heavy atom. The van der Waals surface area contributed by atoms with Crippen molar-refractivity contribution >= 4 is 30.0 Å². The fourth-order valence-corrected chi connectivity index (χ4v) is 13.9. The van der Waals surface area contributed by atoms with Gasteiger partial charge in [0.15, 0.2) is 0 Å². The molecule has 4 amide bonds. The zero-order valence-electron chi connectivity index (χ0n) is 45.8. The van der Waals surface area contributed by atoms with Gasteiger partial charge in [0.1, 0.15) is 23.3 Å². The Balaban J connectivity index is 1.27.